The number of esters is 3. The van der Waals surface area contributed by atoms with Gasteiger partial charge in [0.2, 0.25) is 0 Å². The Morgan fingerprint density at radius 3 is 1.65 bits per heavy atom. The van der Waals surface area contributed by atoms with E-state index in [-0.39, 0.29) is 6.42 Å². The molecule has 0 aliphatic heterocycles. The molecule has 0 aromatic carbocycles. The van der Waals surface area contributed by atoms with E-state index < -0.39 is 35.2 Å². The smallest absolute Gasteiger partial charge is 0.359 e. The lowest BCUT2D eigenvalue weighted by molar-refractivity contribution is -0.190. The second kappa shape index (κ2) is 8.70. The van der Waals surface area contributed by atoms with Gasteiger partial charge in [0, 0.05) is 0 Å². The van der Waals surface area contributed by atoms with Crippen molar-refractivity contribution in [1.29, 1.82) is 0 Å². The molecule has 0 fully saturated rings. The highest BCUT2D eigenvalue weighted by atomic mass is 16.6. The maximum absolute atomic E-state index is 12.1. The molecular weight excluding hydrogens is 300 g/mol. The van der Waals surface area contributed by atoms with Crippen LogP contribution in [0.4, 0.5) is 0 Å². The number of carbonyl (C=O) groups excluding carboxylic acids is 3. The molecule has 132 valence electrons. The van der Waals surface area contributed by atoms with Crippen LogP contribution >= 0.6 is 0 Å². The van der Waals surface area contributed by atoms with Gasteiger partial charge in [-0.15, -0.1) is 0 Å². The maximum atomic E-state index is 12.1. The molecule has 0 spiro atoms. The maximum Gasteiger partial charge on any atom is 0.359 e. The number of hydrogen-bond acceptors (Lipinski definition) is 6. The summed E-state index contributed by atoms with van der Waals surface area (Å²) in [4.78, 5) is 36.0. The first-order chi connectivity index (χ1) is 10.4. The van der Waals surface area contributed by atoms with Crippen LogP contribution in [-0.4, -0.2) is 35.2 Å². The van der Waals surface area contributed by atoms with Crippen LogP contribution in [0.5, 0.6) is 0 Å². The predicted octanol–water partition coefficient (Wildman–Crippen LogP) is 2.94. The molecule has 0 rings (SSSR count). The molecule has 0 heterocycles. The van der Waals surface area contributed by atoms with E-state index >= 15 is 0 Å². The molecular formula is C17H28O6. The van der Waals surface area contributed by atoms with Gasteiger partial charge in [-0.05, 0) is 48.0 Å². The minimum atomic E-state index is -1.73. The first kappa shape index (κ1) is 21.1. The van der Waals surface area contributed by atoms with Crippen molar-refractivity contribution in [3.8, 4) is 0 Å². The number of rotatable bonds is 6. The first-order valence-electron chi connectivity index (χ1n) is 7.66. The molecule has 0 N–H and O–H groups in total. The average Bonchev–Trinajstić information content (AvgIpc) is 2.31. The van der Waals surface area contributed by atoms with Crippen LogP contribution in [0.25, 0.3) is 0 Å². The molecule has 23 heavy (non-hydrogen) atoms. The van der Waals surface area contributed by atoms with Crippen LogP contribution in [-0.2, 0) is 28.6 Å². The summed E-state index contributed by atoms with van der Waals surface area (Å²) in [6, 6.07) is 0. The minimum Gasteiger partial charge on any atom is -0.457 e. The monoisotopic (exact) mass is 328 g/mol. The molecule has 0 atom stereocenters. The number of allylic oxidation sites excluding steroid dienone is 1. The number of ether oxygens (including phenoxy) is 3. The summed E-state index contributed by atoms with van der Waals surface area (Å²) in [5, 5.41) is 0. The zero-order valence-corrected chi connectivity index (χ0v) is 15.1. The Kier molecular flexibility index (Phi) is 8.00. The van der Waals surface area contributed by atoms with Crippen LogP contribution in [0.2, 0.25) is 0 Å². The van der Waals surface area contributed by atoms with Crippen molar-refractivity contribution in [1.82, 2.24) is 0 Å². The quantitative estimate of drug-likeness (QED) is 0.323. The third kappa shape index (κ3) is 10.5. The lowest BCUT2D eigenvalue weighted by atomic mass is 10.2. The van der Waals surface area contributed by atoms with Crippen molar-refractivity contribution in [2.24, 2.45) is 0 Å². The van der Waals surface area contributed by atoms with Gasteiger partial charge in [0.25, 0.3) is 6.10 Å². The van der Waals surface area contributed by atoms with Crippen LogP contribution in [0.3, 0.4) is 0 Å². The molecule has 0 saturated carbocycles. The summed E-state index contributed by atoms with van der Waals surface area (Å²) >= 11 is 0. The Bertz CT molecular complexity index is 423. The van der Waals surface area contributed by atoms with Crippen LogP contribution < -0.4 is 0 Å². The normalized spacial score (nSPS) is 12.3. The van der Waals surface area contributed by atoms with Gasteiger partial charge >= 0.3 is 17.9 Å². The van der Waals surface area contributed by atoms with E-state index in [0.29, 0.717) is 0 Å². The Labute approximate surface area is 138 Å². The highest BCUT2D eigenvalue weighted by Crippen LogP contribution is 2.15. The number of carbonyl (C=O) groups is 3. The summed E-state index contributed by atoms with van der Waals surface area (Å²) < 4.78 is 15.2. The lowest BCUT2D eigenvalue weighted by Crippen LogP contribution is -2.43. The van der Waals surface area contributed by atoms with Crippen LogP contribution in [0, 0.1) is 0 Å². The second-order valence-electron chi connectivity index (χ2n) is 7.02. The summed E-state index contributed by atoms with van der Waals surface area (Å²) in [5.74, 6) is -2.59. The van der Waals surface area contributed by atoms with Gasteiger partial charge in [0.05, 0.1) is 6.42 Å². The summed E-state index contributed by atoms with van der Waals surface area (Å²) in [7, 11) is 0. The third-order valence-electron chi connectivity index (χ3n) is 2.18. The van der Waals surface area contributed by atoms with Gasteiger partial charge in [-0.25, -0.2) is 9.59 Å². The topological polar surface area (TPSA) is 78.9 Å². The van der Waals surface area contributed by atoms with Gasteiger partial charge in [-0.1, -0.05) is 19.1 Å². The standard InChI is InChI=1S/C17H28O6/c1-8-9-10-11-12(18)21-13(14(19)22-16(2,3)4)15(20)23-17(5,6)7/h9-10,13H,8,11H2,1-7H3/b10-9+. The molecule has 0 aliphatic rings. The van der Waals surface area contributed by atoms with E-state index in [1.807, 2.05) is 6.92 Å². The molecule has 0 amide bonds. The highest BCUT2D eigenvalue weighted by molar-refractivity contribution is 6.00. The van der Waals surface area contributed by atoms with Gasteiger partial charge in [-0.2, -0.15) is 0 Å². The largest absolute Gasteiger partial charge is 0.457 e. The molecule has 6 nitrogen and oxygen atoms in total. The predicted molar refractivity (Wildman–Crippen MR) is 85.6 cm³/mol. The molecule has 0 bridgehead atoms. The minimum absolute atomic E-state index is 0.0318. The van der Waals surface area contributed by atoms with E-state index in [1.165, 1.54) is 0 Å². The van der Waals surface area contributed by atoms with E-state index in [9.17, 15) is 14.4 Å². The van der Waals surface area contributed by atoms with E-state index in [1.54, 1.807) is 53.7 Å². The molecule has 0 unspecified atom stereocenters. The van der Waals surface area contributed by atoms with E-state index in [0.717, 1.165) is 6.42 Å². The van der Waals surface area contributed by atoms with Crippen LogP contribution in [0.1, 0.15) is 61.3 Å². The average molecular weight is 328 g/mol. The van der Waals surface area contributed by atoms with Gasteiger partial charge in [-0.3, -0.25) is 4.79 Å². The van der Waals surface area contributed by atoms with Crippen molar-refractivity contribution in [2.75, 3.05) is 0 Å². The zero-order valence-electron chi connectivity index (χ0n) is 15.1. The SMILES string of the molecule is CC/C=C/CC(=O)OC(C(=O)OC(C)(C)C)C(=O)OC(C)(C)C. The zero-order chi connectivity index (χ0) is 18.3. The van der Waals surface area contributed by atoms with Crippen molar-refractivity contribution >= 4 is 17.9 Å². The molecule has 6 heteroatoms. The van der Waals surface area contributed by atoms with E-state index in [2.05, 4.69) is 0 Å². The lowest BCUT2D eigenvalue weighted by Gasteiger charge is -2.26. The second-order valence-corrected chi connectivity index (χ2v) is 7.02. The summed E-state index contributed by atoms with van der Waals surface area (Å²) in [5.41, 5.74) is -1.63. The van der Waals surface area contributed by atoms with Crippen molar-refractivity contribution in [2.45, 2.75) is 78.6 Å². The molecule has 0 aromatic heterocycles. The van der Waals surface area contributed by atoms with Crippen molar-refractivity contribution < 1.29 is 28.6 Å². The third-order valence-corrected chi connectivity index (χ3v) is 2.18. The highest BCUT2D eigenvalue weighted by Gasteiger charge is 2.37. The van der Waals surface area contributed by atoms with Crippen molar-refractivity contribution in [3.63, 3.8) is 0 Å². The first-order valence-corrected chi connectivity index (χ1v) is 7.66. The summed E-state index contributed by atoms with van der Waals surface area (Å²) in [6.07, 6.45) is 2.42. The fraction of sp³-hybridized carbons (Fsp3) is 0.706. The Morgan fingerprint density at radius 1 is 0.870 bits per heavy atom. The molecule has 0 aromatic rings. The molecule has 0 radical (unpaired) electrons. The Hall–Kier alpha value is -1.85. The Balaban J connectivity index is 5.07. The molecule has 0 saturated heterocycles. The fourth-order valence-electron chi connectivity index (χ4n) is 1.43. The Morgan fingerprint density at radius 2 is 1.30 bits per heavy atom. The molecule has 0 aliphatic carbocycles. The van der Waals surface area contributed by atoms with Gasteiger partial charge in [0.15, 0.2) is 0 Å². The van der Waals surface area contributed by atoms with Gasteiger partial charge < -0.3 is 14.2 Å². The van der Waals surface area contributed by atoms with E-state index in [4.69, 9.17) is 14.2 Å². The summed E-state index contributed by atoms with van der Waals surface area (Å²) in [6.45, 7) is 11.9. The fourth-order valence-corrected chi connectivity index (χ4v) is 1.43. The van der Waals surface area contributed by atoms with Crippen molar-refractivity contribution in [3.05, 3.63) is 12.2 Å². The van der Waals surface area contributed by atoms with Gasteiger partial charge in [0.1, 0.15) is 11.2 Å². The number of hydrogen-bond donors (Lipinski definition) is 0. The van der Waals surface area contributed by atoms with Crippen LogP contribution in [0.15, 0.2) is 12.2 Å².